The van der Waals surface area contributed by atoms with Crippen molar-refractivity contribution in [1.82, 2.24) is 20.1 Å². The maximum atomic E-state index is 5.44. The number of anilines is 2. The summed E-state index contributed by atoms with van der Waals surface area (Å²) in [6.45, 7) is 0.425. The Balaban J connectivity index is 1.98. The molecule has 3 N–H and O–H groups in total. The molecule has 0 fully saturated rings. The summed E-state index contributed by atoms with van der Waals surface area (Å²) in [5, 5.41) is 6.57. The monoisotopic (exact) mass is 192 g/mol. The quantitative estimate of drug-likeness (QED) is 0.708. The van der Waals surface area contributed by atoms with Gasteiger partial charge in [0.25, 0.3) is 0 Å². The summed E-state index contributed by atoms with van der Waals surface area (Å²) in [7, 11) is 0. The average Bonchev–Trinajstić information content (AvgIpc) is 2.67. The fourth-order valence-electron chi connectivity index (χ4n) is 0.906. The van der Waals surface area contributed by atoms with Crippen molar-refractivity contribution in [2.45, 2.75) is 6.54 Å². The van der Waals surface area contributed by atoms with Gasteiger partial charge in [0.15, 0.2) is 5.82 Å². The highest BCUT2D eigenvalue weighted by atomic mass is 16.5. The molecule has 0 saturated heterocycles. The molecule has 2 aromatic heterocycles. The van der Waals surface area contributed by atoms with Gasteiger partial charge in [-0.3, -0.25) is 4.98 Å². The topological polar surface area (TPSA) is 103 Å². The fraction of sp³-hybridized carbons (Fsp3) is 0.143. The molecule has 0 saturated carbocycles. The highest BCUT2D eigenvalue weighted by Crippen LogP contribution is 2.03. The molecular weight excluding hydrogens is 184 g/mol. The molecule has 0 spiro atoms. The third-order valence-electron chi connectivity index (χ3n) is 1.49. The highest BCUT2D eigenvalue weighted by molar-refractivity contribution is 5.38. The lowest BCUT2D eigenvalue weighted by Crippen LogP contribution is -2.04. The normalized spacial score (nSPS) is 10.0. The first-order valence-electron chi connectivity index (χ1n) is 3.91. The van der Waals surface area contributed by atoms with Gasteiger partial charge in [0.1, 0.15) is 11.6 Å². The average molecular weight is 192 g/mol. The van der Waals surface area contributed by atoms with Crippen LogP contribution in [-0.2, 0) is 6.54 Å². The van der Waals surface area contributed by atoms with Crippen molar-refractivity contribution < 1.29 is 4.52 Å². The molecule has 0 unspecified atom stereocenters. The summed E-state index contributed by atoms with van der Waals surface area (Å²) >= 11 is 0. The second-order valence-corrected chi connectivity index (χ2v) is 2.53. The predicted octanol–water partition coefficient (Wildman–Crippen LogP) is 0.0539. The van der Waals surface area contributed by atoms with Gasteiger partial charge in [-0.2, -0.15) is 4.98 Å². The Hall–Kier alpha value is -2.18. The fourth-order valence-corrected chi connectivity index (χ4v) is 0.906. The van der Waals surface area contributed by atoms with E-state index in [9.17, 15) is 0 Å². The number of nitrogens with one attached hydrogen (secondary N) is 1. The van der Waals surface area contributed by atoms with E-state index < -0.39 is 0 Å². The predicted molar refractivity (Wildman–Crippen MR) is 48.1 cm³/mol. The largest absolute Gasteiger partial charge is 0.382 e. The standard InChI is InChI=1S/C7H8N6O/c8-5-1-9-2-6(12-5)10-3-7-11-4-14-13-7/h1-2,4H,3H2,(H3,8,10,12). The van der Waals surface area contributed by atoms with Crippen LogP contribution in [0.1, 0.15) is 5.82 Å². The Labute approximate surface area is 79.4 Å². The Kier molecular flexibility index (Phi) is 2.22. The molecule has 2 rings (SSSR count). The van der Waals surface area contributed by atoms with Crippen LogP contribution in [-0.4, -0.2) is 20.1 Å². The summed E-state index contributed by atoms with van der Waals surface area (Å²) in [5.41, 5.74) is 5.44. The van der Waals surface area contributed by atoms with E-state index in [1.165, 1.54) is 12.6 Å². The number of aromatic nitrogens is 4. The Morgan fingerprint density at radius 3 is 3.07 bits per heavy atom. The van der Waals surface area contributed by atoms with Crippen LogP contribution in [0.4, 0.5) is 11.6 Å². The van der Waals surface area contributed by atoms with E-state index in [0.717, 1.165) is 0 Å². The molecule has 0 amide bonds. The lowest BCUT2D eigenvalue weighted by molar-refractivity contribution is 0.411. The van der Waals surface area contributed by atoms with Gasteiger partial charge in [0.05, 0.1) is 18.9 Å². The minimum atomic E-state index is 0.364. The van der Waals surface area contributed by atoms with Crippen LogP contribution in [0.2, 0.25) is 0 Å². The second kappa shape index (κ2) is 3.69. The molecule has 7 nitrogen and oxygen atoms in total. The molecule has 0 radical (unpaired) electrons. The van der Waals surface area contributed by atoms with Crippen molar-refractivity contribution in [2.24, 2.45) is 0 Å². The van der Waals surface area contributed by atoms with E-state index in [1.54, 1.807) is 6.20 Å². The lowest BCUT2D eigenvalue weighted by Gasteiger charge is -2.01. The molecule has 72 valence electrons. The minimum absolute atomic E-state index is 0.364. The summed E-state index contributed by atoms with van der Waals surface area (Å²) in [6, 6.07) is 0. The van der Waals surface area contributed by atoms with Gasteiger partial charge >= 0.3 is 0 Å². The maximum Gasteiger partial charge on any atom is 0.213 e. The third-order valence-corrected chi connectivity index (χ3v) is 1.49. The Bertz CT molecular complexity index is 400. The van der Waals surface area contributed by atoms with Crippen molar-refractivity contribution in [3.63, 3.8) is 0 Å². The molecule has 0 aliphatic heterocycles. The zero-order valence-electron chi connectivity index (χ0n) is 7.21. The van der Waals surface area contributed by atoms with Crippen molar-refractivity contribution in [1.29, 1.82) is 0 Å². The number of nitrogen functional groups attached to an aromatic ring is 1. The molecule has 2 heterocycles. The zero-order chi connectivity index (χ0) is 9.80. The van der Waals surface area contributed by atoms with Gasteiger partial charge in [-0.05, 0) is 0 Å². The molecule has 0 aliphatic carbocycles. The van der Waals surface area contributed by atoms with E-state index in [1.807, 2.05) is 0 Å². The van der Waals surface area contributed by atoms with Crippen LogP contribution in [0.15, 0.2) is 23.3 Å². The summed E-state index contributed by atoms with van der Waals surface area (Å²) < 4.78 is 4.56. The zero-order valence-corrected chi connectivity index (χ0v) is 7.21. The van der Waals surface area contributed by atoms with Gasteiger partial charge < -0.3 is 15.6 Å². The van der Waals surface area contributed by atoms with Gasteiger partial charge in [0.2, 0.25) is 6.39 Å². The van der Waals surface area contributed by atoms with E-state index in [4.69, 9.17) is 5.73 Å². The van der Waals surface area contributed by atoms with Crippen LogP contribution in [0.3, 0.4) is 0 Å². The smallest absolute Gasteiger partial charge is 0.213 e. The molecule has 0 aromatic carbocycles. The van der Waals surface area contributed by atoms with Crippen molar-refractivity contribution in [2.75, 3.05) is 11.1 Å². The van der Waals surface area contributed by atoms with Crippen LogP contribution >= 0.6 is 0 Å². The van der Waals surface area contributed by atoms with Crippen molar-refractivity contribution >= 4 is 11.6 Å². The van der Waals surface area contributed by atoms with Gasteiger partial charge in [0, 0.05) is 0 Å². The van der Waals surface area contributed by atoms with E-state index >= 15 is 0 Å². The highest BCUT2D eigenvalue weighted by Gasteiger charge is 1.99. The van der Waals surface area contributed by atoms with Crippen molar-refractivity contribution in [3.8, 4) is 0 Å². The first kappa shape index (κ1) is 8.42. The van der Waals surface area contributed by atoms with Crippen LogP contribution in [0.5, 0.6) is 0 Å². The Morgan fingerprint density at radius 1 is 1.43 bits per heavy atom. The van der Waals surface area contributed by atoms with Gasteiger partial charge in [-0.1, -0.05) is 5.16 Å². The number of nitrogens with two attached hydrogens (primary N) is 1. The van der Waals surface area contributed by atoms with E-state index in [-0.39, 0.29) is 0 Å². The summed E-state index contributed by atoms with van der Waals surface area (Å²) in [5.74, 6) is 1.49. The molecule has 0 atom stereocenters. The summed E-state index contributed by atoms with van der Waals surface area (Å²) in [4.78, 5) is 11.7. The number of nitrogens with zero attached hydrogens (tertiary/aromatic N) is 4. The van der Waals surface area contributed by atoms with E-state index in [2.05, 4.69) is 29.9 Å². The van der Waals surface area contributed by atoms with Crippen LogP contribution in [0, 0.1) is 0 Å². The lowest BCUT2D eigenvalue weighted by atomic mass is 10.5. The molecule has 7 heteroatoms. The first-order chi connectivity index (χ1) is 6.84. The van der Waals surface area contributed by atoms with E-state index in [0.29, 0.717) is 24.0 Å². The van der Waals surface area contributed by atoms with Gasteiger partial charge in [-0.15, -0.1) is 0 Å². The third kappa shape index (κ3) is 1.94. The minimum Gasteiger partial charge on any atom is -0.382 e. The van der Waals surface area contributed by atoms with Crippen LogP contribution < -0.4 is 11.1 Å². The molecule has 0 aliphatic rings. The molecule has 2 aromatic rings. The number of rotatable bonds is 3. The molecule has 0 bridgehead atoms. The SMILES string of the molecule is Nc1cncc(NCc2ncon2)n1. The van der Waals surface area contributed by atoms with Crippen LogP contribution in [0.25, 0.3) is 0 Å². The molecular formula is C7H8N6O. The Morgan fingerprint density at radius 2 is 2.36 bits per heavy atom. The number of hydrogen-bond donors (Lipinski definition) is 2. The first-order valence-corrected chi connectivity index (χ1v) is 3.91. The van der Waals surface area contributed by atoms with Crippen molar-refractivity contribution in [3.05, 3.63) is 24.6 Å². The second-order valence-electron chi connectivity index (χ2n) is 2.53. The van der Waals surface area contributed by atoms with Gasteiger partial charge in [-0.25, -0.2) is 4.98 Å². The number of hydrogen-bond acceptors (Lipinski definition) is 7. The summed E-state index contributed by atoms with van der Waals surface area (Å²) in [6.07, 6.45) is 4.30. The molecule has 14 heavy (non-hydrogen) atoms. The maximum absolute atomic E-state index is 5.44.